The summed E-state index contributed by atoms with van der Waals surface area (Å²) in [5, 5.41) is 10.8. The van der Waals surface area contributed by atoms with Crippen molar-refractivity contribution in [1.29, 1.82) is 0 Å². The highest BCUT2D eigenvalue weighted by atomic mass is 79.9. The zero-order chi connectivity index (χ0) is 10.8. The molecule has 2 aromatic rings. The minimum absolute atomic E-state index is 0.458. The number of rotatable bonds is 3. The van der Waals surface area contributed by atoms with E-state index in [1.54, 1.807) is 6.26 Å². The first-order valence-corrected chi connectivity index (χ1v) is 5.57. The molecule has 0 amide bonds. The van der Waals surface area contributed by atoms with Crippen LogP contribution in [0.3, 0.4) is 0 Å². The van der Waals surface area contributed by atoms with Gasteiger partial charge < -0.3 is 15.3 Å². The van der Waals surface area contributed by atoms with Gasteiger partial charge in [0.05, 0.1) is 10.6 Å². The van der Waals surface area contributed by atoms with E-state index in [2.05, 4.69) is 15.9 Å². The zero-order valence-electron chi connectivity index (χ0n) is 8.11. The highest BCUT2D eigenvalue weighted by molar-refractivity contribution is 9.10. The van der Waals surface area contributed by atoms with Crippen molar-refractivity contribution in [2.75, 3.05) is 6.54 Å². The van der Waals surface area contributed by atoms with Gasteiger partial charge in [-0.05, 0) is 35.0 Å². The Morgan fingerprint density at radius 2 is 2.27 bits per heavy atom. The summed E-state index contributed by atoms with van der Waals surface area (Å²) in [6.07, 6.45) is 1.61. The number of nitrogens with two attached hydrogens (primary N) is 1. The monoisotopic (exact) mass is 269 g/mol. The molecule has 1 atom stereocenters. The second kappa shape index (κ2) is 4.35. The summed E-state index contributed by atoms with van der Waals surface area (Å²) in [6.45, 7) is 0.458. The van der Waals surface area contributed by atoms with Crippen molar-refractivity contribution in [3.05, 3.63) is 34.5 Å². The molecule has 0 radical (unpaired) electrons. The van der Waals surface area contributed by atoms with Crippen molar-refractivity contribution in [3.63, 3.8) is 0 Å². The summed E-state index contributed by atoms with van der Waals surface area (Å²) in [6, 6.07) is 5.71. The second-order valence-corrected chi connectivity index (χ2v) is 4.26. The van der Waals surface area contributed by atoms with Crippen LogP contribution in [0, 0.1) is 0 Å². The molecule has 0 aliphatic rings. The maximum atomic E-state index is 9.87. The lowest BCUT2D eigenvalue weighted by molar-refractivity contribution is 0.170. The predicted molar refractivity (Wildman–Crippen MR) is 62.5 cm³/mol. The molecule has 0 aliphatic heterocycles. The van der Waals surface area contributed by atoms with Crippen LogP contribution in [-0.4, -0.2) is 11.7 Å². The van der Waals surface area contributed by atoms with Gasteiger partial charge in [0.1, 0.15) is 11.8 Å². The van der Waals surface area contributed by atoms with Gasteiger partial charge in [0.25, 0.3) is 0 Å². The first-order chi connectivity index (χ1) is 7.24. The largest absolute Gasteiger partial charge is 0.463 e. The molecule has 1 aromatic carbocycles. The molecule has 0 saturated heterocycles. The van der Waals surface area contributed by atoms with Crippen LogP contribution in [0.15, 0.2) is 33.4 Å². The Morgan fingerprint density at radius 1 is 1.47 bits per heavy atom. The molecule has 4 heteroatoms. The highest BCUT2D eigenvalue weighted by Gasteiger charge is 2.14. The van der Waals surface area contributed by atoms with Crippen LogP contribution < -0.4 is 5.73 Å². The molecule has 1 aromatic heterocycles. The Balaban J connectivity index is 2.51. The summed E-state index contributed by atoms with van der Waals surface area (Å²) in [5.41, 5.74) is 6.94. The van der Waals surface area contributed by atoms with E-state index in [0.29, 0.717) is 13.0 Å². The Bertz CT molecular complexity index is 467. The Kier molecular flexibility index (Phi) is 3.09. The van der Waals surface area contributed by atoms with Gasteiger partial charge in [0.15, 0.2) is 0 Å². The number of aliphatic hydroxyl groups excluding tert-OH is 1. The van der Waals surface area contributed by atoms with Crippen LogP contribution in [0.4, 0.5) is 0 Å². The summed E-state index contributed by atoms with van der Waals surface area (Å²) in [7, 11) is 0. The topological polar surface area (TPSA) is 59.4 Å². The average Bonchev–Trinajstić information content (AvgIpc) is 2.61. The molecule has 3 nitrogen and oxygen atoms in total. The van der Waals surface area contributed by atoms with Crippen LogP contribution in [-0.2, 0) is 0 Å². The lowest BCUT2D eigenvalue weighted by atomic mass is 10.0. The number of halogens is 1. The van der Waals surface area contributed by atoms with E-state index in [1.807, 2.05) is 18.2 Å². The van der Waals surface area contributed by atoms with Gasteiger partial charge in [-0.1, -0.05) is 12.1 Å². The number of benzene rings is 1. The van der Waals surface area contributed by atoms with Gasteiger partial charge in [-0.2, -0.15) is 0 Å². The van der Waals surface area contributed by atoms with Gasteiger partial charge in [0, 0.05) is 10.9 Å². The van der Waals surface area contributed by atoms with E-state index in [-0.39, 0.29) is 0 Å². The Hall–Kier alpha value is -0.840. The standard InChI is InChI=1S/C11H12BrNO2/c12-9-6-15-11-7(9)2-1-3-8(11)10(14)4-5-13/h1-3,6,10,14H,4-5,13H2. The molecular formula is C11H12BrNO2. The molecule has 15 heavy (non-hydrogen) atoms. The zero-order valence-corrected chi connectivity index (χ0v) is 9.70. The van der Waals surface area contributed by atoms with Crippen molar-refractivity contribution in [2.24, 2.45) is 5.73 Å². The molecule has 1 unspecified atom stereocenters. The van der Waals surface area contributed by atoms with Crippen LogP contribution in [0.5, 0.6) is 0 Å². The number of hydrogen-bond acceptors (Lipinski definition) is 3. The maximum Gasteiger partial charge on any atom is 0.140 e. The number of hydrogen-bond donors (Lipinski definition) is 2. The lowest BCUT2D eigenvalue weighted by Crippen LogP contribution is -2.06. The number of fused-ring (bicyclic) bond motifs is 1. The molecule has 3 N–H and O–H groups in total. The Labute approximate surface area is 96.0 Å². The van der Waals surface area contributed by atoms with Crippen molar-refractivity contribution in [2.45, 2.75) is 12.5 Å². The summed E-state index contributed by atoms with van der Waals surface area (Å²) in [5.74, 6) is 0. The van der Waals surface area contributed by atoms with E-state index in [0.717, 1.165) is 21.0 Å². The van der Waals surface area contributed by atoms with Gasteiger partial charge in [-0.15, -0.1) is 0 Å². The summed E-state index contributed by atoms with van der Waals surface area (Å²) >= 11 is 3.39. The minimum atomic E-state index is -0.559. The van der Waals surface area contributed by atoms with E-state index in [4.69, 9.17) is 10.2 Å². The highest BCUT2D eigenvalue weighted by Crippen LogP contribution is 2.32. The quantitative estimate of drug-likeness (QED) is 0.901. The van der Waals surface area contributed by atoms with Gasteiger partial charge in [-0.25, -0.2) is 0 Å². The van der Waals surface area contributed by atoms with Crippen molar-refractivity contribution in [3.8, 4) is 0 Å². The van der Waals surface area contributed by atoms with Crippen LogP contribution >= 0.6 is 15.9 Å². The van der Waals surface area contributed by atoms with Crippen molar-refractivity contribution >= 4 is 26.9 Å². The van der Waals surface area contributed by atoms with E-state index < -0.39 is 6.10 Å². The number of aliphatic hydroxyl groups is 1. The smallest absolute Gasteiger partial charge is 0.140 e. The molecule has 80 valence electrons. The predicted octanol–water partition coefficient (Wildman–Crippen LogP) is 2.58. The molecule has 0 saturated carbocycles. The molecule has 0 bridgehead atoms. The first kappa shape index (κ1) is 10.7. The first-order valence-electron chi connectivity index (χ1n) is 4.77. The minimum Gasteiger partial charge on any atom is -0.463 e. The van der Waals surface area contributed by atoms with E-state index in [9.17, 15) is 5.11 Å². The fraction of sp³-hybridized carbons (Fsp3) is 0.273. The van der Waals surface area contributed by atoms with Gasteiger partial charge >= 0.3 is 0 Å². The third-order valence-corrected chi connectivity index (χ3v) is 3.00. The summed E-state index contributed by atoms with van der Waals surface area (Å²) < 4.78 is 6.30. The molecule has 1 heterocycles. The average molecular weight is 270 g/mol. The molecule has 0 aliphatic carbocycles. The Morgan fingerprint density at radius 3 is 3.00 bits per heavy atom. The van der Waals surface area contributed by atoms with E-state index in [1.165, 1.54) is 0 Å². The van der Waals surface area contributed by atoms with Crippen molar-refractivity contribution in [1.82, 2.24) is 0 Å². The normalized spacial score (nSPS) is 13.3. The molecular weight excluding hydrogens is 258 g/mol. The maximum absolute atomic E-state index is 9.87. The molecule has 0 spiro atoms. The SMILES string of the molecule is NCCC(O)c1cccc2c(Br)coc12. The fourth-order valence-electron chi connectivity index (χ4n) is 1.62. The molecule has 0 fully saturated rings. The summed E-state index contributed by atoms with van der Waals surface area (Å²) in [4.78, 5) is 0. The van der Waals surface area contributed by atoms with Crippen LogP contribution in [0.25, 0.3) is 11.0 Å². The third-order valence-electron chi connectivity index (χ3n) is 2.38. The van der Waals surface area contributed by atoms with Gasteiger partial charge in [-0.3, -0.25) is 0 Å². The molecule has 2 rings (SSSR count). The third kappa shape index (κ3) is 1.93. The lowest BCUT2D eigenvalue weighted by Gasteiger charge is -2.09. The number of para-hydroxylation sites is 1. The van der Waals surface area contributed by atoms with Crippen LogP contribution in [0.2, 0.25) is 0 Å². The second-order valence-electron chi connectivity index (χ2n) is 3.40. The number of furan rings is 1. The fourth-order valence-corrected chi connectivity index (χ4v) is 2.03. The van der Waals surface area contributed by atoms with E-state index >= 15 is 0 Å². The van der Waals surface area contributed by atoms with Crippen molar-refractivity contribution < 1.29 is 9.52 Å². The van der Waals surface area contributed by atoms with Gasteiger partial charge in [0.2, 0.25) is 0 Å². The van der Waals surface area contributed by atoms with Crippen LogP contribution in [0.1, 0.15) is 18.1 Å².